The summed E-state index contributed by atoms with van der Waals surface area (Å²) in [6.45, 7) is 4.57. The van der Waals surface area contributed by atoms with Crippen LogP contribution >= 0.6 is 0 Å². The molecule has 0 aliphatic heterocycles. The van der Waals surface area contributed by atoms with Crippen molar-refractivity contribution in [1.29, 1.82) is 0 Å². The van der Waals surface area contributed by atoms with Crippen LogP contribution in [0.4, 0.5) is 5.69 Å². The fourth-order valence-corrected chi connectivity index (χ4v) is 2.88. The lowest BCUT2D eigenvalue weighted by Crippen LogP contribution is -2.29. The van der Waals surface area contributed by atoms with Crippen LogP contribution < -0.4 is 4.90 Å². The predicted octanol–water partition coefficient (Wildman–Crippen LogP) is 5.16. The Bertz CT molecular complexity index is 948. The van der Waals surface area contributed by atoms with Gasteiger partial charge in [-0.2, -0.15) is 0 Å². The maximum Gasteiger partial charge on any atom is 0.251 e. The van der Waals surface area contributed by atoms with E-state index in [1.165, 1.54) is 16.5 Å². The van der Waals surface area contributed by atoms with Crippen molar-refractivity contribution in [1.82, 2.24) is 4.98 Å². The summed E-state index contributed by atoms with van der Waals surface area (Å²) in [5, 5.41) is 10.2. The molecule has 2 aromatic carbocycles. The number of carbonyl (C=O) groups excluding carboxylic acids is 1. The molecule has 0 aliphatic rings. The van der Waals surface area contributed by atoms with Crippen LogP contribution in [0.2, 0.25) is 0 Å². The summed E-state index contributed by atoms with van der Waals surface area (Å²) in [6.07, 6.45) is 5.01. The van der Waals surface area contributed by atoms with E-state index in [-0.39, 0.29) is 18.2 Å². The summed E-state index contributed by atoms with van der Waals surface area (Å²) < 4.78 is 0. The molecule has 1 N–H and O–H groups in total. The minimum Gasteiger partial charge on any atom is -0.506 e. The lowest BCUT2D eigenvalue weighted by Gasteiger charge is -2.22. The number of carbonyl (C=O) groups is 1. The summed E-state index contributed by atoms with van der Waals surface area (Å²) in [5.41, 5.74) is 3.41. The fraction of sp³-hybridized carbons (Fsp3) is 0.167. The minimum atomic E-state index is -0.222. The van der Waals surface area contributed by atoms with Gasteiger partial charge in [-0.3, -0.25) is 14.7 Å². The highest BCUT2D eigenvalue weighted by molar-refractivity contribution is 6.04. The van der Waals surface area contributed by atoms with Gasteiger partial charge in [0.05, 0.1) is 17.9 Å². The molecule has 142 valence electrons. The number of phenolic OH excluding ortho intramolecular Hbond substituents is 1. The number of amides is 1. The van der Waals surface area contributed by atoms with Gasteiger partial charge in [0.25, 0.3) is 5.91 Å². The zero-order chi connectivity index (χ0) is 19.9. The van der Waals surface area contributed by atoms with E-state index in [1.807, 2.05) is 30.3 Å². The van der Waals surface area contributed by atoms with E-state index in [9.17, 15) is 9.90 Å². The van der Waals surface area contributed by atoms with Crippen LogP contribution in [0.1, 0.15) is 36.6 Å². The van der Waals surface area contributed by atoms with Crippen molar-refractivity contribution < 1.29 is 9.90 Å². The van der Waals surface area contributed by atoms with Crippen LogP contribution in [0.15, 0.2) is 79.0 Å². The Morgan fingerprint density at radius 1 is 1.04 bits per heavy atom. The van der Waals surface area contributed by atoms with Crippen LogP contribution in [0.5, 0.6) is 5.75 Å². The molecule has 0 saturated heterocycles. The molecular formula is C24H24N2O2. The van der Waals surface area contributed by atoms with E-state index in [2.05, 4.69) is 31.0 Å². The lowest BCUT2D eigenvalue weighted by atomic mass is 10.0. The quantitative estimate of drug-likeness (QED) is 0.608. The van der Waals surface area contributed by atoms with E-state index >= 15 is 0 Å². The number of phenols is 1. The van der Waals surface area contributed by atoms with Crippen LogP contribution in [-0.2, 0) is 11.3 Å². The highest BCUT2D eigenvalue weighted by Gasteiger charge is 2.17. The normalized spacial score (nSPS) is 11.1. The molecule has 0 bridgehead atoms. The molecular weight excluding hydrogens is 348 g/mol. The van der Waals surface area contributed by atoms with E-state index in [0.717, 1.165) is 11.3 Å². The fourth-order valence-electron chi connectivity index (χ4n) is 2.88. The van der Waals surface area contributed by atoms with Gasteiger partial charge in [-0.1, -0.05) is 56.3 Å². The summed E-state index contributed by atoms with van der Waals surface area (Å²) in [4.78, 5) is 18.8. The molecule has 1 aromatic heterocycles. The van der Waals surface area contributed by atoms with Crippen molar-refractivity contribution in [3.05, 3.63) is 95.8 Å². The van der Waals surface area contributed by atoms with Crippen LogP contribution in [-0.4, -0.2) is 16.0 Å². The highest BCUT2D eigenvalue weighted by atomic mass is 16.3. The Kier molecular flexibility index (Phi) is 6.22. The third-order valence-corrected chi connectivity index (χ3v) is 4.51. The topological polar surface area (TPSA) is 53.4 Å². The molecule has 3 aromatic rings. The number of hydrogen-bond acceptors (Lipinski definition) is 3. The molecule has 0 atom stereocenters. The first-order chi connectivity index (χ1) is 13.5. The molecule has 4 heteroatoms. The first-order valence-electron chi connectivity index (χ1n) is 9.32. The second-order valence-electron chi connectivity index (χ2n) is 6.89. The minimum absolute atomic E-state index is 0.0569. The Hall–Kier alpha value is -3.40. The van der Waals surface area contributed by atoms with Gasteiger partial charge in [0.2, 0.25) is 0 Å². The van der Waals surface area contributed by atoms with Gasteiger partial charge < -0.3 is 5.11 Å². The lowest BCUT2D eigenvalue weighted by molar-refractivity contribution is -0.114. The van der Waals surface area contributed by atoms with E-state index in [1.54, 1.807) is 36.5 Å². The number of benzene rings is 2. The molecule has 28 heavy (non-hydrogen) atoms. The average Bonchev–Trinajstić information content (AvgIpc) is 2.72. The number of hydrogen-bond donors (Lipinski definition) is 1. The summed E-state index contributed by atoms with van der Waals surface area (Å²) in [7, 11) is 0. The largest absolute Gasteiger partial charge is 0.506 e. The SMILES string of the molecule is CC(C)c1ccc(/C=C/C(=O)N(Cc2ccccn2)c2ccccc2O)cc1. The van der Waals surface area contributed by atoms with Gasteiger partial charge >= 0.3 is 0 Å². The average molecular weight is 372 g/mol. The second kappa shape index (κ2) is 9.00. The molecule has 0 spiro atoms. The van der Waals surface area contributed by atoms with Crippen LogP contribution in [0.3, 0.4) is 0 Å². The number of aromatic hydroxyl groups is 1. The van der Waals surface area contributed by atoms with Crippen molar-refractivity contribution in [3.8, 4) is 5.75 Å². The first kappa shape index (κ1) is 19.4. The third-order valence-electron chi connectivity index (χ3n) is 4.51. The zero-order valence-electron chi connectivity index (χ0n) is 16.1. The number of nitrogens with zero attached hydrogens (tertiary/aromatic N) is 2. The number of para-hydroxylation sites is 2. The summed E-state index contributed by atoms with van der Waals surface area (Å²) >= 11 is 0. The maximum atomic E-state index is 12.9. The molecule has 1 amide bonds. The Morgan fingerprint density at radius 3 is 2.39 bits per heavy atom. The number of rotatable bonds is 6. The molecule has 1 heterocycles. The molecule has 0 aliphatic carbocycles. The van der Waals surface area contributed by atoms with Gasteiger partial charge in [-0.25, -0.2) is 0 Å². The van der Waals surface area contributed by atoms with E-state index in [4.69, 9.17) is 0 Å². The zero-order valence-corrected chi connectivity index (χ0v) is 16.1. The van der Waals surface area contributed by atoms with Crippen molar-refractivity contribution in [2.45, 2.75) is 26.3 Å². The highest BCUT2D eigenvalue weighted by Crippen LogP contribution is 2.28. The molecule has 4 nitrogen and oxygen atoms in total. The van der Waals surface area contributed by atoms with Crippen LogP contribution in [0.25, 0.3) is 6.08 Å². The van der Waals surface area contributed by atoms with Gasteiger partial charge in [0.15, 0.2) is 0 Å². The smallest absolute Gasteiger partial charge is 0.251 e. The Balaban J connectivity index is 1.84. The Labute approximate surface area is 165 Å². The number of anilines is 1. The first-order valence-corrected chi connectivity index (χ1v) is 9.32. The van der Waals surface area contributed by atoms with E-state index in [0.29, 0.717) is 11.6 Å². The van der Waals surface area contributed by atoms with Crippen molar-refractivity contribution in [3.63, 3.8) is 0 Å². The summed E-state index contributed by atoms with van der Waals surface area (Å²) in [5.74, 6) is 0.302. The third kappa shape index (κ3) is 4.86. The van der Waals surface area contributed by atoms with Crippen molar-refractivity contribution >= 4 is 17.7 Å². The standard InChI is InChI=1S/C24H24N2O2/c1-18(2)20-13-10-19(11-14-20)12-15-24(28)26(17-21-7-5-6-16-25-21)22-8-3-4-9-23(22)27/h3-16,18,27H,17H2,1-2H3/b15-12+. The van der Waals surface area contributed by atoms with Gasteiger partial charge in [-0.05, 0) is 47.4 Å². The number of pyridine rings is 1. The van der Waals surface area contributed by atoms with Crippen molar-refractivity contribution in [2.24, 2.45) is 0 Å². The Morgan fingerprint density at radius 2 is 1.75 bits per heavy atom. The van der Waals surface area contributed by atoms with E-state index < -0.39 is 0 Å². The molecule has 0 radical (unpaired) electrons. The molecule has 0 saturated carbocycles. The van der Waals surface area contributed by atoms with Crippen molar-refractivity contribution in [2.75, 3.05) is 4.90 Å². The predicted molar refractivity (Wildman–Crippen MR) is 113 cm³/mol. The summed E-state index contributed by atoms with van der Waals surface area (Å²) in [6, 6.07) is 20.5. The monoisotopic (exact) mass is 372 g/mol. The molecule has 3 rings (SSSR count). The second-order valence-corrected chi connectivity index (χ2v) is 6.89. The van der Waals surface area contributed by atoms with Gasteiger partial charge in [0.1, 0.15) is 5.75 Å². The molecule has 0 fully saturated rings. The van der Waals surface area contributed by atoms with Gasteiger partial charge in [0, 0.05) is 12.3 Å². The van der Waals surface area contributed by atoms with Crippen LogP contribution in [0, 0.1) is 0 Å². The van der Waals surface area contributed by atoms with Gasteiger partial charge in [-0.15, -0.1) is 0 Å². The number of aromatic nitrogens is 1. The molecule has 0 unspecified atom stereocenters. The maximum absolute atomic E-state index is 12.9.